The molecular formula is C17H19NO3S. The average molecular weight is 317 g/mol. The Morgan fingerprint density at radius 3 is 2.77 bits per heavy atom. The minimum absolute atomic E-state index is 0.0577. The monoisotopic (exact) mass is 317 g/mol. The summed E-state index contributed by atoms with van der Waals surface area (Å²) in [4.78, 5) is 13.3. The molecule has 22 heavy (non-hydrogen) atoms. The van der Waals surface area contributed by atoms with Crippen molar-refractivity contribution in [2.75, 3.05) is 14.2 Å². The molecule has 0 aliphatic heterocycles. The molecule has 3 rings (SSSR count). The maximum absolute atomic E-state index is 12.2. The Kier molecular flexibility index (Phi) is 4.34. The molecule has 1 aliphatic carbocycles. The quantitative estimate of drug-likeness (QED) is 0.922. The van der Waals surface area contributed by atoms with E-state index in [0.29, 0.717) is 12.2 Å². The van der Waals surface area contributed by atoms with Gasteiger partial charge in [-0.15, -0.1) is 11.3 Å². The Morgan fingerprint density at radius 1 is 1.32 bits per heavy atom. The summed E-state index contributed by atoms with van der Waals surface area (Å²) in [6, 6.07) is 8.01. The number of nitrogens with one attached hydrogen (secondary N) is 1. The summed E-state index contributed by atoms with van der Waals surface area (Å²) in [7, 11) is 3.27. The number of carbonyl (C=O) groups excluding carboxylic acids is 1. The van der Waals surface area contributed by atoms with Crippen LogP contribution < -0.4 is 14.8 Å². The van der Waals surface area contributed by atoms with Crippen molar-refractivity contribution >= 4 is 17.2 Å². The average Bonchev–Trinajstić information content (AvgIpc) is 3.16. The molecule has 0 spiro atoms. The summed E-state index contributed by atoms with van der Waals surface area (Å²) < 4.78 is 10.7. The minimum Gasteiger partial charge on any atom is -0.493 e. The number of fused-ring (bicyclic) bond motifs is 1. The van der Waals surface area contributed by atoms with Crippen molar-refractivity contribution in [1.29, 1.82) is 0 Å². The smallest absolute Gasteiger partial charge is 0.225 e. The number of ether oxygens (including phenoxy) is 2. The van der Waals surface area contributed by atoms with Gasteiger partial charge in [0.25, 0.3) is 0 Å². The second kappa shape index (κ2) is 6.40. The lowest BCUT2D eigenvalue weighted by molar-refractivity contribution is -0.121. The van der Waals surface area contributed by atoms with Crippen molar-refractivity contribution in [3.8, 4) is 11.5 Å². The van der Waals surface area contributed by atoms with Crippen molar-refractivity contribution < 1.29 is 14.3 Å². The molecule has 5 heteroatoms. The number of thiophene rings is 1. The van der Waals surface area contributed by atoms with Crippen LogP contribution in [0.5, 0.6) is 11.5 Å². The topological polar surface area (TPSA) is 47.6 Å². The van der Waals surface area contributed by atoms with Gasteiger partial charge in [-0.05, 0) is 47.5 Å². The molecule has 1 N–H and O–H groups in total. The first-order valence-electron chi connectivity index (χ1n) is 7.27. The van der Waals surface area contributed by atoms with Crippen LogP contribution in [0.15, 0.2) is 29.6 Å². The van der Waals surface area contributed by atoms with Gasteiger partial charge in [0.05, 0.1) is 26.7 Å². The van der Waals surface area contributed by atoms with Gasteiger partial charge in [-0.1, -0.05) is 6.07 Å². The number of amides is 1. The molecule has 0 fully saturated rings. The van der Waals surface area contributed by atoms with Gasteiger partial charge in [0.2, 0.25) is 5.91 Å². The van der Waals surface area contributed by atoms with E-state index in [1.807, 2.05) is 29.6 Å². The normalized spacial score (nSPS) is 16.2. The first kappa shape index (κ1) is 14.9. The molecule has 1 aromatic carbocycles. The Hall–Kier alpha value is -2.01. The van der Waals surface area contributed by atoms with Gasteiger partial charge in [0.15, 0.2) is 11.5 Å². The van der Waals surface area contributed by atoms with E-state index in [1.165, 1.54) is 5.56 Å². The number of methoxy groups -OCH3 is 2. The van der Waals surface area contributed by atoms with E-state index in [1.54, 1.807) is 25.6 Å². The summed E-state index contributed by atoms with van der Waals surface area (Å²) in [5.41, 5.74) is 2.36. The number of benzene rings is 1. The SMILES string of the molecule is COc1cc2c(cc1OC)C(NC(=O)Cc1cccs1)CC2. The molecule has 1 atom stereocenters. The van der Waals surface area contributed by atoms with Crippen molar-refractivity contribution in [2.24, 2.45) is 0 Å². The van der Waals surface area contributed by atoms with Crippen LogP contribution in [0.3, 0.4) is 0 Å². The van der Waals surface area contributed by atoms with Crippen molar-refractivity contribution in [3.05, 3.63) is 45.6 Å². The van der Waals surface area contributed by atoms with E-state index in [9.17, 15) is 4.79 Å². The lowest BCUT2D eigenvalue weighted by Gasteiger charge is -2.16. The highest BCUT2D eigenvalue weighted by Gasteiger charge is 2.26. The summed E-state index contributed by atoms with van der Waals surface area (Å²) >= 11 is 1.61. The van der Waals surface area contributed by atoms with Crippen molar-refractivity contribution in [2.45, 2.75) is 25.3 Å². The second-order valence-corrected chi connectivity index (χ2v) is 6.35. The zero-order chi connectivity index (χ0) is 15.5. The Bertz CT molecular complexity index is 667. The van der Waals surface area contributed by atoms with Crippen LogP contribution >= 0.6 is 11.3 Å². The summed E-state index contributed by atoms with van der Waals surface area (Å²) in [6.45, 7) is 0. The fourth-order valence-corrected chi connectivity index (χ4v) is 3.60. The van der Waals surface area contributed by atoms with Gasteiger partial charge in [0, 0.05) is 4.88 Å². The number of carbonyl (C=O) groups is 1. The molecule has 1 unspecified atom stereocenters. The molecule has 0 bridgehead atoms. The molecule has 0 saturated heterocycles. The number of hydrogen-bond acceptors (Lipinski definition) is 4. The lowest BCUT2D eigenvalue weighted by atomic mass is 10.1. The van der Waals surface area contributed by atoms with Crippen LogP contribution in [0, 0.1) is 0 Å². The fourth-order valence-electron chi connectivity index (χ4n) is 2.90. The van der Waals surface area contributed by atoms with Gasteiger partial charge in [-0.3, -0.25) is 4.79 Å². The van der Waals surface area contributed by atoms with E-state index in [-0.39, 0.29) is 11.9 Å². The largest absolute Gasteiger partial charge is 0.493 e. The van der Waals surface area contributed by atoms with Crippen molar-refractivity contribution in [1.82, 2.24) is 5.32 Å². The van der Waals surface area contributed by atoms with Crippen LogP contribution in [-0.4, -0.2) is 20.1 Å². The summed E-state index contributed by atoms with van der Waals surface area (Å²) in [5.74, 6) is 1.52. The standard InChI is InChI=1S/C17H19NO3S/c1-20-15-8-11-5-6-14(13(11)10-16(15)21-2)18-17(19)9-12-4-3-7-22-12/h3-4,7-8,10,14H,5-6,9H2,1-2H3,(H,18,19). The molecule has 2 aromatic rings. The predicted molar refractivity (Wildman–Crippen MR) is 86.8 cm³/mol. The van der Waals surface area contributed by atoms with Gasteiger partial charge in [-0.25, -0.2) is 0 Å². The van der Waals surface area contributed by atoms with Gasteiger partial charge < -0.3 is 14.8 Å². The highest BCUT2D eigenvalue weighted by molar-refractivity contribution is 7.10. The van der Waals surface area contributed by atoms with E-state index in [2.05, 4.69) is 5.32 Å². The molecular weight excluding hydrogens is 298 g/mol. The number of hydrogen-bond donors (Lipinski definition) is 1. The molecule has 0 saturated carbocycles. The first-order valence-corrected chi connectivity index (χ1v) is 8.15. The highest BCUT2D eigenvalue weighted by atomic mass is 32.1. The molecule has 1 heterocycles. The highest BCUT2D eigenvalue weighted by Crippen LogP contribution is 2.39. The van der Waals surface area contributed by atoms with E-state index in [4.69, 9.17) is 9.47 Å². The molecule has 1 aromatic heterocycles. The maximum Gasteiger partial charge on any atom is 0.225 e. The summed E-state index contributed by atoms with van der Waals surface area (Å²) in [5, 5.41) is 5.12. The van der Waals surface area contributed by atoms with Gasteiger partial charge in [-0.2, -0.15) is 0 Å². The number of aryl methyl sites for hydroxylation is 1. The zero-order valence-electron chi connectivity index (χ0n) is 12.7. The maximum atomic E-state index is 12.2. The third-order valence-corrected chi connectivity index (χ3v) is 4.85. The third-order valence-electron chi connectivity index (χ3n) is 3.97. The lowest BCUT2D eigenvalue weighted by Crippen LogP contribution is -2.28. The Balaban J connectivity index is 1.74. The van der Waals surface area contributed by atoms with Crippen molar-refractivity contribution in [3.63, 3.8) is 0 Å². The van der Waals surface area contributed by atoms with Crippen LogP contribution in [0.4, 0.5) is 0 Å². The molecule has 1 aliphatic rings. The molecule has 0 radical (unpaired) electrons. The van der Waals surface area contributed by atoms with E-state index < -0.39 is 0 Å². The first-order chi connectivity index (χ1) is 10.7. The van der Waals surface area contributed by atoms with Gasteiger partial charge >= 0.3 is 0 Å². The molecule has 1 amide bonds. The minimum atomic E-state index is 0.0577. The second-order valence-electron chi connectivity index (χ2n) is 5.32. The van der Waals surface area contributed by atoms with Crippen LogP contribution in [0.2, 0.25) is 0 Å². The summed E-state index contributed by atoms with van der Waals surface area (Å²) in [6.07, 6.45) is 2.30. The number of rotatable bonds is 5. The van der Waals surface area contributed by atoms with Crippen LogP contribution in [0.25, 0.3) is 0 Å². The van der Waals surface area contributed by atoms with Crippen LogP contribution in [-0.2, 0) is 17.6 Å². The third kappa shape index (κ3) is 2.95. The van der Waals surface area contributed by atoms with E-state index >= 15 is 0 Å². The van der Waals surface area contributed by atoms with Crippen LogP contribution in [0.1, 0.15) is 28.5 Å². The Labute approximate surface area is 134 Å². The zero-order valence-corrected chi connectivity index (χ0v) is 13.5. The molecule has 4 nitrogen and oxygen atoms in total. The van der Waals surface area contributed by atoms with Gasteiger partial charge in [0.1, 0.15) is 0 Å². The molecule has 116 valence electrons. The fraction of sp³-hybridized carbons (Fsp3) is 0.353. The van der Waals surface area contributed by atoms with E-state index in [0.717, 1.165) is 29.0 Å². The Morgan fingerprint density at radius 2 is 2.09 bits per heavy atom. The predicted octanol–water partition coefficient (Wildman–Crippen LogP) is 3.11.